The van der Waals surface area contributed by atoms with Crippen molar-refractivity contribution in [1.82, 2.24) is 0 Å². The van der Waals surface area contributed by atoms with E-state index in [4.69, 9.17) is 15.1 Å². The Bertz CT molecular complexity index is 11.6. The Morgan fingerprint density at radius 1 is 1.00 bits per heavy atom. The van der Waals surface area contributed by atoms with Crippen LogP contribution in [0.15, 0.2) is 0 Å². The van der Waals surface area contributed by atoms with Gasteiger partial charge >= 0.3 is 7.32 Å². The van der Waals surface area contributed by atoms with E-state index < -0.39 is 7.32 Å². The van der Waals surface area contributed by atoms with E-state index in [2.05, 4.69) is 0 Å². The summed E-state index contributed by atoms with van der Waals surface area (Å²) in [4.78, 5) is 0. The molecule has 0 aliphatic rings. The van der Waals surface area contributed by atoms with Crippen molar-refractivity contribution < 1.29 is 15.1 Å². The van der Waals surface area contributed by atoms with Crippen molar-refractivity contribution in [3.8, 4) is 0 Å². The van der Waals surface area contributed by atoms with Gasteiger partial charge in [0.05, 0.1) is 0 Å². The Labute approximate surface area is 34.5 Å². The highest BCUT2D eigenvalue weighted by Gasteiger charge is 1.92. The highest BCUT2D eigenvalue weighted by atomic mass is 28.1. The standard InChI is InChI=1S/BH3O3.H4Si/c2-1(3)4;/h2-4H;1H4. The van der Waals surface area contributed by atoms with Crippen molar-refractivity contribution in [3.05, 3.63) is 0 Å². The molecule has 0 fully saturated rings. The lowest BCUT2D eigenvalue weighted by atomic mass is 10.3. The van der Waals surface area contributed by atoms with Crippen LogP contribution in [0.1, 0.15) is 0 Å². The normalized spacial score (nSPS) is 5.40. The van der Waals surface area contributed by atoms with Crippen molar-refractivity contribution in [3.63, 3.8) is 0 Å². The van der Waals surface area contributed by atoms with Crippen LogP contribution < -0.4 is 0 Å². The number of hydrogen-bond donors (Lipinski definition) is 3. The summed E-state index contributed by atoms with van der Waals surface area (Å²) in [6, 6.07) is 0. The summed E-state index contributed by atoms with van der Waals surface area (Å²) in [5, 5.41) is 21.5. The average molecular weight is 94.0 g/mol. The van der Waals surface area contributed by atoms with Gasteiger partial charge in [-0.25, -0.2) is 0 Å². The Balaban J connectivity index is 0. The predicted octanol–water partition coefficient (Wildman–Crippen LogP) is -3.50. The smallest absolute Gasteiger partial charge is 0.402 e. The fourth-order valence-corrected chi connectivity index (χ4v) is 0. The average Bonchev–Trinajstić information content (AvgIpc) is 0.811. The molecule has 0 radical (unpaired) electrons. The topological polar surface area (TPSA) is 60.7 Å². The molecule has 5 heteroatoms. The zero-order valence-corrected chi connectivity index (χ0v) is 1.92. The Hall–Kier alpha value is 0.162. The van der Waals surface area contributed by atoms with Crippen molar-refractivity contribution in [1.29, 1.82) is 0 Å². The number of hydrogen-bond acceptors (Lipinski definition) is 3. The molecule has 5 heavy (non-hydrogen) atoms. The van der Waals surface area contributed by atoms with Gasteiger partial charge in [0.25, 0.3) is 0 Å². The van der Waals surface area contributed by atoms with E-state index in [9.17, 15) is 0 Å². The monoisotopic (exact) mass is 94.0 g/mol. The second kappa shape index (κ2) is 4.16. The van der Waals surface area contributed by atoms with Gasteiger partial charge in [-0.05, 0) is 11.0 Å². The molecular weight excluding hydrogens is 86.9 g/mol. The molecule has 0 aliphatic heterocycles. The summed E-state index contributed by atoms with van der Waals surface area (Å²) in [6.07, 6.45) is 0. The predicted molar refractivity (Wildman–Crippen MR) is 23.7 cm³/mol. The first-order valence-corrected chi connectivity index (χ1v) is 0.775. The number of rotatable bonds is 0. The van der Waals surface area contributed by atoms with E-state index in [1.807, 2.05) is 0 Å². The van der Waals surface area contributed by atoms with Crippen LogP contribution in [0.2, 0.25) is 0 Å². The summed E-state index contributed by atoms with van der Waals surface area (Å²) >= 11 is 0. The van der Waals surface area contributed by atoms with Crippen LogP contribution in [-0.2, 0) is 0 Å². The maximum Gasteiger partial charge on any atom is 0.631 e. The Morgan fingerprint density at radius 3 is 1.00 bits per heavy atom. The molecule has 3 N–H and O–H groups in total. The van der Waals surface area contributed by atoms with Gasteiger partial charge in [-0.15, -0.1) is 0 Å². The molecule has 0 aromatic heterocycles. The first-order valence-electron chi connectivity index (χ1n) is 0.775. The minimum atomic E-state index is -2.17. The van der Waals surface area contributed by atoms with Crippen LogP contribution >= 0.6 is 0 Å². The summed E-state index contributed by atoms with van der Waals surface area (Å²) < 4.78 is 0. The van der Waals surface area contributed by atoms with Gasteiger partial charge < -0.3 is 15.1 Å². The summed E-state index contributed by atoms with van der Waals surface area (Å²) in [6.45, 7) is 0. The van der Waals surface area contributed by atoms with Crippen LogP contribution in [0.25, 0.3) is 0 Å². The van der Waals surface area contributed by atoms with Crippen LogP contribution in [-0.4, -0.2) is 33.4 Å². The zero-order chi connectivity index (χ0) is 3.58. The summed E-state index contributed by atoms with van der Waals surface area (Å²) in [7, 11) is -2.17. The quantitative estimate of drug-likeness (QED) is 0.273. The summed E-state index contributed by atoms with van der Waals surface area (Å²) in [5.74, 6) is 0. The first-order chi connectivity index (χ1) is 1.73. The highest BCUT2D eigenvalue weighted by molar-refractivity contribution is 6.30. The van der Waals surface area contributed by atoms with Gasteiger partial charge in [-0.3, -0.25) is 0 Å². The van der Waals surface area contributed by atoms with E-state index in [0.717, 1.165) is 0 Å². The molecule has 0 spiro atoms. The molecule has 0 bridgehead atoms. The molecule has 0 unspecified atom stereocenters. The lowest BCUT2D eigenvalue weighted by molar-refractivity contribution is 0.278. The second-order valence-electron chi connectivity index (χ2n) is 0.346. The van der Waals surface area contributed by atoms with E-state index in [-0.39, 0.29) is 11.0 Å². The third-order valence-corrected chi connectivity index (χ3v) is 0. The molecule has 0 heterocycles. The molecule has 0 aromatic rings. The summed E-state index contributed by atoms with van der Waals surface area (Å²) in [5.41, 5.74) is 0. The molecule has 0 aliphatic carbocycles. The minimum Gasteiger partial charge on any atom is -0.402 e. The van der Waals surface area contributed by atoms with Crippen LogP contribution in [0.3, 0.4) is 0 Å². The third kappa shape index (κ3) is 743. The van der Waals surface area contributed by atoms with Gasteiger partial charge in [-0.2, -0.15) is 0 Å². The van der Waals surface area contributed by atoms with Crippen molar-refractivity contribution >= 4 is 18.3 Å². The molecule has 32 valence electrons. The van der Waals surface area contributed by atoms with Crippen molar-refractivity contribution in [2.45, 2.75) is 0 Å². The molecule has 0 saturated heterocycles. The van der Waals surface area contributed by atoms with Crippen molar-refractivity contribution in [2.75, 3.05) is 0 Å². The fourth-order valence-electron chi connectivity index (χ4n) is 0. The second-order valence-corrected chi connectivity index (χ2v) is 0.346. The third-order valence-electron chi connectivity index (χ3n) is 0. The van der Waals surface area contributed by atoms with E-state index in [0.29, 0.717) is 0 Å². The minimum absolute atomic E-state index is 0. The SMILES string of the molecule is OB(O)O.[SiH4]. The molecule has 0 aromatic carbocycles. The highest BCUT2D eigenvalue weighted by Crippen LogP contribution is 1.40. The maximum absolute atomic E-state index is 7.17. The molecule has 0 amide bonds. The van der Waals surface area contributed by atoms with Gasteiger partial charge in [-0.1, -0.05) is 0 Å². The van der Waals surface area contributed by atoms with E-state index in [1.165, 1.54) is 0 Å². The lowest BCUT2D eigenvalue weighted by Gasteiger charge is -1.69. The largest absolute Gasteiger partial charge is 0.631 e. The molecule has 0 saturated carbocycles. The molecular formula is H7BO3Si. The Morgan fingerprint density at radius 2 is 1.00 bits per heavy atom. The van der Waals surface area contributed by atoms with Crippen LogP contribution in [0, 0.1) is 0 Å². The van der Waals surface area contributed by atoms with Gasteiger partial charge in [0.15, 0.2) is 0 Å². The Kier molecular flexibility index (Phi) is 7.44. The van der Waals surface area contributed by atoms with Gasteiger partial charge in [0.1, 0.15) is 0 Å². The molecule has 0 rings (SSSR count). The van der Waals surface area contributed by atoms with E-state index in [1.54, 1.807) is 0 Å². The van der Waals surface area contributed by atoms with Gasteiger partial charge in [0, 0.05) is 0 Å². The van der Waals surface area contributed by atoms with Crippen molar-refractivity contribution in [2.24, 2.45) is 0 Å². The van der Waals surface area contributed by atoms with Crippen LogP contribution in [0.5, 0.6) is 0 Å². The first kappa shape index (κ1) is 8.94. The van der Waals surface area contributed by atoms with Crippen LogP contribution in [0.4, 0.5) is 0 Å². The van der Waals surface area contributed by atoms with E-state index >= 15 is 0 Å². The maximum atomic E-state index is 7.17. The van der Waals surface area contributed by atoms with Gasteiger partial charge in [0.2, 0.25) is 0 Å². The lowest BCUT2D eigenvalue weighted by Crippen LogP contribution is -2.07. The zero-order valence-electron chi connectivity index (χ0n) is 1.92. The molecule has 3 nitrogen and oxygen atoms in total. The molecule has 0 atom stereocenters. The fraction of sp³-hybridized carbons (Fsp3) is 0.